The van der Waals surface area contributed by atoms with Gasteiger partial charge in [-0.1, -0.05) is 32.9 Å². The van der Waals surface area contributed by atoms with Crippen molar-refractivity contribution in [2.45, 2.75) is 26.2 Å². The fourth-order valence-electron chi connectivity index (χ4n) is 2.42. The number of hydrogen-bond acceptors (Lipinski definition) is 4. The largest absolute Gasteiger partial charge is 0.478 e. The van der Waals surface area contributed by atoms with Crippen molar-refractivity contribution in [2.24, 2.45) is 0 Å². The number of sulfonamides is 1. The number of benzene rings is 2. The van der Waals surface area contributed by atoms with E-state index in [9.17, 15) is 23.1 Å². The Bertz CT molecular complexity index is 974. The Kier molecular flexibility index (Phi) is 5.60. The quantitative estimate of drug-likeness (QED) is 0.725. The molecule has 1 amide bonds. The summed E-state index contributed by atoms with van der Waals surface area (Å²) < 4.78 is 24.8. The van der Waals surface area contributed by atoms with Crippen LogP contribution in [0.2, 0.25) is 0 Å². The number of rotatable bonds is 5. The summed E-state index contributed by atoms with van der Waals surface area (Å²) in [5.41, 5.74) is 1.37. The van der Waals surface area contributed by atoms with Crippen LogP contribution in [0.25, 0.3) is 0 Å². The van der Waals surface area contributed by atoms with Crippen molar-refractivity contribution in [1.29, 1.82) is 0 Å². The topological polar surface area (TPSA) is 113 Å². The monoisotopic (exact) mass is 390 g/mol. The lowest BCUT2D eigenvalue weighted by atomic mass is 9.86. The van der Waals surface area contributed by atoms with Crippen LogP contribution in [-0.2, 0) is 15.4 Å². The molecule has 0 atom stereocenters. The van der Waals surface area contributed by atoms with Crippen molar-refractivity contribution in [3.63, 3.8) is 0 Å². The van der Waals surface area contributed by atoms with Crippen LogP contribution in [0.15, 0.2) is 42.5 Å². The van der Waals surface area contributed by atoms with Crippen LogP contribution < -0.4 is 10.0 Å². The number of carbonyl (C=O) groups is 2. The molecule has 0 heterocycles. The van der Waals surface area contributed by atoms with Crippen molar-refractivity contribution in [3.8, 4) is 0 Å². The van der Waals surface area contributed by atoms with Crippen molar-refractivity contribution in [3.05, 3.63) is 59.2 Å². The summed E-state index contributed by atoms with van der Waals surface area (Å²) in [5.74, 6) is -1.74. The minimum absolute atomic E-state index is 0.0477. The second kappa shape index (κ2) is 7.40. The highest BCUT2D eigenvalue weighted by molar-refractivity contribution is 7.92. The zero-order valence-electron chi connectivity index (χ0n) is 15.5. The molecule has 0 spiro atoms. The first-order chi connectivity index (χ1) is 12.4. The minimum Gasteiger partial charge on any atom is -0.478 e. The maximum atomic E-state index is 12.4. The summed E-state index contributed by atoms with van der Waals surface area (Å²) in [6.07, 6.45) is 0.963. The summed E-state index contributed by atoms with van der Waals surface area (Å²) >= 11 is 0. The van der Waals surface area contributed by atoms with Gasteiger partial charge in [0.25, 0.3) is 5.91 Å². The van der Waals surface area contributed by atoms with Gasteiger partial charge in [-0.25, -0.2) is 13.2 Å². The second-order valence-electron chi connectivity index (χ2n) is 7.22. The lowest BCUT2D eigenvalue weighted by Crippen LogP contribution is -2.17. The van der Waals surface area contributed by atoms with Gasteiger partial charge in [0.1, 0.15) is 0 Å². The van der Waals surface area contributed by atoms with Crippen LogP contribution in [0.5, 0.6) is 0 Å². The minimum atomic E-state index is -3.55. The van der Waals surface area contributed by atoms with Crippen molar-refractivity contribution in [2.75, 3.05) is 16.3 Å². The molecule has 3 N–H and O–H groups in total. The van der Waals surface area contributed by atoms with Gasteiger partial charge in [0.2, 0.25) is 10.0 Å². The third-order valence-corrected chi connectivity index (χ3v) is 4.42. The molecule has 0 unspecified atom stereocenters. The van der Waals surface area contributed by atoms with E-state index in [-0.39, 0.29) is 22.4 Å². The first-order valence-electron chi connectivity index (χ1n) is 8.14. The standard InChI is InChI=1S/C19H22N2O5S/c1-19(2,3)13-7-5-12(6-8-13)17(22)20-16-10-9-14(21-27(4,25)26)11-15(16)18(23)24/h5-11,21H,1-4H3,(H,20,22)(H,23,24). The van der Waals surface area contributed by atoms with Crippen LogP contribution >= 0.6 is 0 Å². The van der Waals surface area contributed by atoms with E-state index >= 15 is 0 Å². The number of carbonyl (C=O) groups excluding carboxylic acids is 1. The van der Waals surface area contributed by atoms with Gasteiger partial charge in [0.15, 0.2) is 0 Å². The van der Waals surface area contributed by atoms with Crippen molar-refractivity contribution < 1.29 is 23.1 Å². The number of anilines is 2. The Morgan fingerprint density at radius 3 is 2.07 bits per heavy atom. The molecule has 0 aliphatic rings. The number of aromatic carboxylic acids is 1. The zero-order valence-corrected chi connectivity index (χ0v) is 16.3. The normalized spacial score (nSPS) is 11.7. The number of amides is 1. The molecule has 8 heteroatoms. The van der Waals surface area contributed by atoms with Gasteiger partial charge >= 0.3 is 5.97 Å². The molecule has 0 bridgehead atoms. The van der Waals surface area contributed by atoms with Crippen LogP contribution in [0.3, 0.4) is 0 Å². The molecule has 2 aromatic rings. The van der Waals surface area contributed by atoms with E-state index in [1.807, 2.05) is 12.1 Å². The Labute approximate surface area is 158 Å². The molecule has 2 rings (SSSR count). The maximum Gasteiger partial charge on any atom is 0.337 e. The molecular weight excluding hydrogens is 368 g/mol. The van der Waals surface area contributed by atoms with E-state index < -0.39 is 21.9 Å². The summed E-state index contributed by atoms with van der Waals surface area (Å²) in [6.45, 7) is 6.19. The molecule has 0 saturated carbocycles. The van der Waals surface area contributed by atoms with Crippen LogP contribution in [0.1, 0.15) is 47.1 Å². The molecule has 27 heavy (non-hydrogen) atoms. The summed E-state index contributed by atoms with van der Waals surface area (Å²) in [4.78, 5) is 23.9. The summed E-state index contributed by atoms with van der Waals surface area (Å²) in [5, 5.41) is 11.9. The summed E-state index contributed by atoms with van der Waals surface area (Å²) in [7, 11) is -3.55. The predicted octanol–water partition coefficient (Wildman–Crippen LogP) is 3.31. The van der Waals surface area contributed by atoms with Gasteiger partial charge in [-0.2, -0.15) is 0 Å². The van der Waals surface area contributed by atoms with Crippen LogP contribution in [0, 0.1) is 0 Å². The van der Waals surface area contributed by atoms with Gasteiger partial charge in [-0.05, 0) is 41.3 Å². The smallest absolute Gasteiger partial charge is 0.337 e. The Morgan fingerprint density at radius 1 is 1.00 bits per heavy atom. The Morgan fingerprint density at radius 2 is 1.59 bits per heavy atom. The van der Waals surface area contributed by atoms with E-state index in [0.29, 0.717) is 5.56 Å². The zero-order chi connectivity index (χ0) is 20.4. The highest BCUT2D eigenvalue weighted by Crippen LogP contribution is 2.24. The van der Waals surface area contributed by atoms with E-state index in [4.69, 9.17) is 0 Å². The first-order valence-corrected chi connectivity index (χ1v) is 10.0. The molecule has 0 saturated heterocycles. The lowest BCUT2D eigenvalue weighted by molar-refractivity contribution is 0.0698. The highest BCUT2D eigenvalue weighted by Gasteiger charge is 2.17. The van der Waals surface area contributed by atoms with Gasteiger partial charge in [-0.15, -0.1) is 0 Å². The van der Waals surface area contributed by atoms with E-state index in [1.165, 1.54) is 12.1 Å². The highest BCUT2D eigenvalue weighted by atomic mass is 32.2. The Balaban J connectivity index is 2.28. The van der Waals surface area contributed by atoms with Crippen molar-refractivity contribution in [1.82, 2.24) is 0 Å². The molecule has 2 aromatic carbocycles. The fraction of sp³-hybridized carbons (Fsp3) is 0.263. The van der Waals surface area contributed by atoms with E-state index in [2.05, 4.69) is 30.8 Å². The molecule has 144 valence electrons. The second-order valence-corrected chi connectivity index (χ2v) is 8.97. The third kappa shape index (κ3) is 5.55. The predicted molar refractivity (Wildman–Crippen MR) is 105 cm³/mol. The van der Waals surface area contributed by atoms with Crippen LogP contribution in [-0.4, -0.2) is 31.7 Å². The molecular formula is C19H22N2O5S. The fourth-order valence-corrected chi connectivity index (χ4v) is 2.98. The Hall–Kier alpha value is -2.87. The van der Waals surface area contributed by atoms with E-state index in [0.717, 1.165) is 17.9 Å². The molecule has 0 aromatic heterocycles. The lowest BCUT2D eigenvalue weighted by Gasteiger charge is -2.19. The molecule has 0 aliphatic carbocycles. The number of carboxylic acids is 1. The van der Waals surface area contributed by atoms with Gasteiger partial charge in [0.05, 0.1) is 17.5 Å². The van der Waals surface area contributed by atoms with Gasteiger partial charge in [0, 0.05) is 11.3 Å². The molecule has 0 fully saturated rings. The van der Waals surface area contributed by atoms with Gasteiger partial charge in [-0.3, -0.25) is 9.52 Å². The number of carboxylic acid groups (broad SMARTS) is 1. The number of hydrogen-bond donors (Lipinski definition) is 3. The third-order valence-electron chi connectivity index (χ3n) is 3.81. The summed E-state index contributed by atoms with van der Waals surface area (Å²) in [6, 6.07) is 10.9. The van der Waals surface area contributed by atoms with Crippen LogP contribution in [0.4, 0.5) is 11.4 Å². The molecule has 0 aliphatic heterocycles. The average molecular weight is 390 g/mol. The number of nitrogens with one attached hydrogen (secondary N) is 2. The van der Waals surface area contributed by atoms with E-state index in [1.54, 1.807) is 12.1 Å². The van der Waals surface area contributed by atoms with Crippen molar-refractivity contribution >= 4 is 33.3 Å². The SMILES string of the molecule is CC(C)(C)c1ccc(C(=O)Nc2ccc(NS(C)(=O)=O)cc2C(=O)O)cc1. The molecule has 7 nitrogen and oxygen atoms in total. The molecule has 0 radical (unpaired) electrons. The average Bonchev–Trinajstić information content (AvgIpc) is 2.54. The first kappa shape index (κ1) is 20.4. The maximum absolute atomic E-state index is 12.4. The van der Waals surface area contributed by atoms with Gasteiger partial charge < -0.3 is 10.4 Å².